The lowest BCUT2D eigenvalue weighted by Crippen LogP contribution is -2.40. The quantitative estimate of drug-likeness (QED) is 0.224. The van der Waals surface area contributed by atoms with Crippen LogP contribution in [0.15, 0.2) is 33.7 Å². The van der Waals surface area contributed by atoms with E-state index in [9.17, 15) is 0 Å². The average molecular weight is 528 g/mol. The molecule has 1 fully saturated rings. The van der Waals surface area contributed by atoms with Crippen LogP contribution in [0.1, 0.15) is 12.8 Å². The first-order valence-corrected chi connectivity index (χ1v) is 9.09. The molecule has 25 heavy (non-hydrogen) atoms. The van der Waals surface area contributed by atoms with E-state index >= 15 is 0 Å². The second kappa shape index (κ2) is 13.6. The van der Waals surface area contributed by atoms with Gasteiger partial charge in [-0.3, -0.25) is 4.99 Å². The lowest BCUT2D eigenvalue weighted by Gasteiger charge is -2.13. The largest absolute Gasteiger partial charge is 0.492 e. The fraction of sp³-hybridized carbons (Fsp3) is 0.588. The second-order valence-electron chi connectivity index (χ2n) is 5.44. The summed E-state index contributed by atoms with van der Waals surface area (Å²) in [5.41, 5.74) is 0. The van der Waals surface area contributed by atoms with Crippen molar-refractivity contribution >= 4 is 45.9 Å². The number of rotatable bonds is 9. The maximum absolute atomic E-state index is 5.73. The second-order valence-corrected chi connectivity index (χ2v) is 6.35. The number of nitrogens with zero attached hydrogens (tertiary/aromatic N) is 1. The third kappa shape index (κ3) is 9.62. The van der Waals surface area contributed by atoms with Gasteiger partial charge in [-0.15, -0.1) is 24.0 Å². The zero-order valence-corrected chi connectivity index (χ0v) is 18.4. The van der Waals surface area contributed by atoms with Crippen molar-refractivity contribution in [3.8, 4) is 5.75 Å². The van der Waals surface area contributed by atoms with Gasteiger partial charge in [0.15, 0.2) is 5.96 Å². The Morgan fingerprint density at radius 1 is 1.24 bits per heavy atom. The van der Waals surface area contributed by atoms with Crippen LogP contribution in [0.5, 0.6) is 5.75 Å². The Bertz CT molecular complexity index is 496. The van der Waals surface area contributed by atoms with Crippen molar-refractivity contribution in [2.24, 2.45) is 4.99 Å². The molecule has 0 spiro atoms. The molecule has 2 N–H and O–H groups in total. The zero-order chi connectivity index (χ0) is 17.0. The van der Waals surface area contributed by atoms with Crippen LogP contribution in [0, 0.1) is 0 Å². The topological polar surface area (TPSA) is 64.1 Å². The SMILES string of the molecule is CN=C(NCCCOC1CCOC1)NCCOc1ccc(Br)cc1.I. The highest BCUT2D eigenvalue weighted by Gasteiger charge is 2.15. The monoisotopic (exact) mass is 527 g/mol. The van der Waals surface area contributed by atoms with Crippen LogP contribution in [0.3, 0.4) is 0 Å². The Morgan fingerprint density at radius 3 is 2.68 bits per heavy atom. The summed E-state index contributed by atoms with van der Waals surface area (Å²) in [6.45, 7) is 4.38. The molecule has 142 valence electrons. The Balaban J connectivity index is 0.00000312. The molecule has 1 aliphatic heterocycles. The van der Waals surface area contributed by atoms with E-state index in [2.05, 4.69) is 31.6 Å². The van der Waals surface area contributed by atoms with Crippen LogP contribution in [-0.2, 0) is 9.47 Å². The number of aliphatic imine (C=N–C) groups is 1. The van der Waals surface area contributed by atoms with E-state index in [1.165, 1.54) is 0 Å². The van der Waals surface area contributed by atoms with Crippen LogP contribution in [0.25, 0.3) is 0 Å². The van der Waals surface area contributed by atoms with Crippen molar-refractivity contribution in [1.29, 1.82) is 0 Å². The lowest BCUT2D eigenvalue weighted by molar-refractivity contribution is 0.0420. The van der Waals surface area contributed by atoms with Gasteiger partial charge in [0.25, 0.3) is 0 Å². The Labute approximate surface area is 175 Å². The normalized spacial score (nSPS) is 17.0. The molecule has 1 saturated heterocycles. The molecule has 1 aliphatic rings. The smallest absolute Gasteiger partial charge is 0.191 e. The van der Waals surface area contributed by atoms with Crippen molar-refractivity contribution in [3.63, 3.8) is 0 Å². The summed E-state index contributed by atoms with van der Waals surface area (Å²) in [7, 11) is 1.76. The molecule has 2 rings (SSSR count). The maximum Gasteiger partial charge on any atom is 0.191 e. The number of hydrogen-bond donors (Lipinski definition) is 2. The minimum Gasteiger partial charge on any atom is -0.492 e. The van der Waals surface area contributed by atoms with E-state index in [4.69, 9.17) is 14.2 Å². The molecule has 1 aromatic rings. The summed E-state index contributed by atoms with van der Waals surface area (Å²) in [6, 6.07) is 7.80. The van der Waals surface area contributed by atoms with Gasteiger partial charge >= 0.3 is 0 Å². The van der Waals surface area contributed by atoms with E-state index < -0.39 is 0 Å². The molecule has 8 heteroatoms. The summed E-state index contributed by atoms with van der Waals surface area (Å²) in [4.78, 5) is 4.19. The molecule has 0 amide bonds. The number of nitrogens with one attached hydrogen (secondary N) is 2. The van der Waals surface area contributed by atoms with E-state index in [0.717, 1.165) is 55.4 Å². The van der Waals surface area contributed by atoms with Crippen molar-refractivity contribution in [2.45, 2.75) is 18.9 Å². The Hall–Kier alpha value is -0.580. The lowest BCUT2D eigenvalue weighted by atomic mass is 10.3. The Morgan fingerprint density at radius 2 is 2.00 bits per heavy atom. The highest BCUT2D eigenvalue weighted by molar-refractivity contribution is 14.0. The number of guanidine groups is 1. The summed E-state index contributed by atoms with van der Waals surface area (Å²) < 4.78 is 17.7. The fourth-order valence-corrected chi connectivity index (χ4v) is 2.53. The summed E-state index contributed by atoms with van der Waals surface area (Å²) in [5.74, 6) is 1.63. The third-order valence-electron chi connectivity index (χ3n) is 3.56. The van der Waals surface area contributed by atoms with Crippen molar-refractivity contribution < 1.29 is 14.2 Å². The van der Waals surface area contributed by atoms with Gasteiger partial charge in [-0.25, -0.2) is 0 Å². The first-order chi connectivity index (χ1) is 11.8. The highest BCUT2D eigenvalue weighted by Crippen LogP contribution is 2.15. The first-order valence-electron chi connectivity index (χ1n) is 8.30. The van der Waals surface area contributed by atoms with Gasteiger partial charge in [0, 0.05) is 31.3 Å². The predicted molar refractivity (Wildman–Crippen MR) is 114 cm³/mol. The molecule has 0 saturated carbocycles. The van der Waals surface area contributed by atoms with Gasteiger partial charge in [-0.2, -0.15) is 0 Å². The van der Waals surface area contributed by atoms with E-state index in [0.29, 0.717) is 13.2 Å². The van der Waals surface area contributed by atoms with Crippen molar-refractivity contribution in [3.05, 3.63) is 28.7 Å². The number of halogens is 2. The molecular weight excluding hydrogens is 501 g/mol. The van der Waals surface area contributed by atoms with Crippen LogP contribution < -0.4 is 15.4 Å². The summed E-state index contributed by atoms with van der Waals surface area (Å²) in [6.07, 6.45) is 2.22. The molecule has 6 nitrogen and oxygen atoms in total. The predicted octanol–water partition coefficient (Wildman–Crippen LogP) is 2.81. The number of hydrogen-bond acceptors (Lipinski definition) is 4. The Kier molecular flexibility index (Phi) is 12.2. The molecule has 1 heterocycles. The standard InChI is InChI=1S/C17H26BrN3O3.HI/c1-19-17(20-8-2-10-23-16-7-11-22-13-16)21-9-12-24-15-5-3-14(18)4-6-15;/h3-6,16H,2,7-13H2,1H3,(H2,19,20,21);1H. The number of benzene rings is 1. The minimum atomic E-state index is 0. The van der Waals surface area contributed by atoms with Gasteiger partial charge in [0.1, 0.15) is 12.4 Å². The van der Waals surface area contributed by atoms with E-state index in [1.54, 1.807) is 7.05 Å². The van der Waals surface area contributed by atoms with Crippen LogP contribution >= 0.6 is 39.9 Å². The van der Waals surface area contributed by atoms with Gasteiger partial charge in [0.05, 0.1) is 19.3 Å². The molecule has 0 aromatic heterocycles. The molecule has 1 aromatic carbocycles. The molecule has 0 radical (unpaired) electrons. The zero-order valence-electron chi connectivity index (χ0n) is 14.5. The average Bonchev–Trinajstić information content (AvgIpc) is 3.11. The molecular formula is C17H27BrIN3O3. The van der Waals surface area contributed by atoms with Gasteiger partial charge in [-0.1, -0.05) is 15.9 Å². The molecule has 1 unspecified atom stereocenters. The van der Waals surface area contributed by atoms with Gasteiger partial charge in [0.2, 0.25) is 0 Å². The third-order valence-corrected chi connectivity index (χ3v) is 4.08. The fourth-order valence-electron chi connectivity index (χ4n) is 2.26. The number of ether oxygens (including phenoxy) is 3. The molecule has 0 aliphatic carbocycles. The molecule has 0 bridgehead atoms. The first kappa shape index (κ1) is 22.5. The van der Waals surface area contributed by atoms with Crippen LogP contribution in [0.4, 0.5) is 0 Å². The maximum atomic E-state index is 5.73. The van der Waals surface area contributed by atoms with E-state index in [1.807, 2.05) is 24.3 Å². The van der Waals surface area contributed by atoms with Crippen molar-refractivity contribution in [2.75, 3.05) is 46.6 Å². The minimum absolute atomic E-state index is 0. The van der Waals surface area contributed by atoms with Crippen molar-refractivity contribution in [1.82, 2.24) is 10.6 Å². The highest BCUT2D eigenvalue weighted by atomic mass is 127. The van der Waals surface area contributed by atoms with Crippen LogP contribution in [0.2, 0.25) is 0 Å². The molecule has 1 atom stereocenters. The van der Waals surface area contributed by atoms with E-state index in [-0.39, 0.29) is 30.1 Å². The van der Waals surface area contributed by atoms with Gasteiger partial charge < -0.3 is 24.8 Å². The summed E-state index contributed by atoms with van der Waals surface area (Å²) in [5, 5.41) is 6.49. The van der Waals surface area contributed by atoms with Crippen LogP contribution in [-0.4, -0.2) is 58.6 Å². The summed E-state index contributed by atoms with van der Waals surface area (Å²) >= 11 is 3.40. The van der Waals surface area contributed by atoms with Gasteiger partial charge in [-0.05, 0) is 37.1 Å².